The van der Waals surface area contributed by atoms with Gasteiger partial charge >= 0.3 is 0 Å². The lowest BCUT2D eigenvalue weighted by molar-refractivity contribution is 0.660. The molecule has 2 nitrogen and oxygen atoms in total. The Labute approximate surface area is 400 Å². The highest BCUT2D eigenvalue weighted by atomic mass is 15.2. The Kier molecular flexibility index (Phi) is 19.6. The van der Waals surface area contributed by atoms with E-state index in [1.165, 1.54) is 94.0 Å². The van der Waals surface area contributed by atoms with Crippen molar-refractivity contribution in [1.29, 1.82) is 0 Å². The van der Waals surface area contributed by atoms with Crippen molar-refractivity contribution in [1.82, 2.24) is 4.57 Å². The molecule has 0 fully saturated rings. The lowest BCUT2D eigenvalue weighted by atomic mass is 9.81. The molecule has 344 valence electrons. The van der Waals surface area contributed by atoms with Gasteiger partial charge in [-0.25, -0.2) is 0 Å². The summed E-state index contributed by atoms with van der Waals surface area (Å²) in [5, 5.41) is 5.12. The number of anilines is 3. The van der Waals surface area contributed by atoms with Crippen LogP contribution in [0.3, 0.4) is 0 Å². The fourth-order valence-corrected chi connectivity index (χ4v) is 8.70. The molecule has 8 aromatic carbocycles. The quantitative estimate of drug-likeness (QED) is 0.171. The van der Waals surface area contributed by atoms with E-state index in [9.17, 15) is 0 Å². The van der Waals surface area contributed by atoms with Gasteiger partial charge in [0.1, 0.15) is 0 Å². The van der Waals surface area contributed by atoms with E-state index in [2.05, 4.69) is 235 Å². The first kappa shape index (κ1) is 52.2. The summed E-state index contributed by atoms with van der Waals surface area (Å²) in [6.07, 6.45) is 1.14. The molecule has 0 unspecified atom stereocenters. The minimum Gasteiger partial charge on any atom is -0.342 e. The molecular formula is C64H78N2. The van der Waals surface area contributed by atoms with Gasteiger partial charge in [0.05, 0.1) is 16.9 Å². The maximum absolute atomic E-state index is 2.48. The molecule has 0 atom stereocenters. The summed E-state index contributed by atoms with van der Waals surface area (Å²) in [5.74, 6) is 0. The van der Waals surface area contributed by atoms with Crippen molar-refractivity contribution in [2.24, 2.45) is 7.05 Å². The number of hydrogen-bond donors (Lipinski definition) is 0. The van der Waals surface area contributed by atoms with Crippen molar-refractivity contribution < 1.29 is 0 Å². The number of aromatic nitrogens is 1. The predicted octanol–water partition coefficient (Wildman–Crippen LogP) is 19.5. The van der Waals surface area contributed by atoms with E-state index >= 15 is 0 Å². The second-order valence-corrected chi connectivity index (χ2v) is 16.5. The molecule has 66 heavy (non-hydrogen) atoms. The highest BCUT2D eigenvalue weighted by Crippen LogP contribution is 2.55. The van der Waals surface area contributed by atoms with Gasteiger partial charge < -0.3 is 9.47 Å². The van der Waals surface area contributed by atoms with Crippen LogP contribution >= 0.6 is 0 Å². The number of aryl methyl sites for hydroxylation is 6. The molecule has 0 aliphatic heterocycles. The molecule has 0 saturated heterocycles. The van der Waals surface area contributed by atoms with Crippen LogP contribution in [0.4, 0.5) is 17.1 Å². The minimum atomic E-state index is -0.108. The van der Waals surface area contributed by atoms with Crippen LogP contribution in [0, 0.1) is 27.7 Å². The van der Waals surface area contributed by atoms with Gasteiger partial charge in [-0.2, -0.15) is 0 Å². The van der Waals surface area contributed by atoms with Gasteiger partial charge in [-0.15, -0.1) is 0 Å². The highest BCUT2D eigenvalue weighted by molar-refractivity contribution is 6.15. The molecule has 0 N–H and O–H groups in total. The van der Waals surface area contributed by atoms with E-state index in [1.54, 1.807) is 0 Å². The fourth-order valence-electron chi connectivity index (χ4n) is 8.70. The van der Waals surface area contributed by atoms with E-state index in [4.69, 9.17) is 0 Å². The Morgan fingerprint density at radius 2 is 0.924 bits per heavy atom. The number of benzene rings is 8. The zero-order valence-electron chi connectivity index (χ0n) is 43.3. The van der Waals surface area contributed by atoms with E-state index in [1.807, 2.05) is 55.4 Å². The Balaban J connectivity index is 0.000000314. The van der Waals surface area contributed by atoms with Crippen LogP contribution in [-0.4, -0.2) is 4.57 Å². The standard InChI is InChI=1S/C39H32N2.C9H12.C8H10.4C2H6/c1-25-21-22-31-32(23-25)39(2,3)33-24-36(27-15-8-9-17-29(27)37(31)33)41(26-13-6-5-7-14-26)35-20-12-18-30-28-16-10-11-19-34(28)40(4)38(30)35;1-3-9-6-4-8(2)5-7-9;1-7-3-5-8(2)6-4-7;4*1-2/h5-24H,1-4H3;4-7H,3H2,1-2H3;3-6H,1-2H3;4*1-2H3. The SMILES string of the molecule is CC.CC.CC.CC.CCc1ccc(C)cc1.Cc1ccc(C)cc1.Cc1ccc2c(c1)C(C)(C)c1cc(N(c3ccccc3)c3cccc4c5ccccc5n(C)c34)c3ccccc3c1-2. The molecule has 0 amide bonds. The molecule has 10 rings (SSSR count). The van der Waals surface area contributed by atoms with Crippen molar-refractivity contribution in [2.75, 3.05) is 4.90 Å². The number of rotatable bonds is 4. The normalized spacial score (nSPS) is 11.2. The summed E-state index contributed by atoms with van der Waals surface area (Å²) < 4.78 is 2.36. The molecule has 0 spiro atoms. The van der Waals surface area contributed by atoms with E-state index in [-0.39, 0.29) is 5.41 Å². The molecule has 0 bridgehead atoms. The smallest absolute Gasteiger partial charge is 0.0733 e. The average Bonchev–Trinajstić information content (AvgIpc) is 3.79. The van der Waals surface area contributed by atoms with Crippen LogP contribution in [-0.2, 0) is 18.9 Å². The summed E-state index contributed by atoms with van der Waals surface area (Å²) in [5.41, 5.74) is 18.2. The third kappa shape index (κ3) is 11.2. The van der Waals surface area contributed by atoms with Gasteiger partial charge in [0.2, 0.25) is 0 Å². The zero-order chi connectivity index (χ0) is 48.6. The zero-order valence-corrected chi connectivity index (χ0v) is 43.3. The molecule has 0 saturated carbocycles. The summed E-state index contributed by atoms with van der Waals surface area (Å²) in [6, 6.07) is 61.8. The average molecular weight is 875 g/mol. The minimum absolute atomic E-state index is 0.108. The summed E-state index contributed by atoms with van der Waals surface area (Å²) >= 11 is 0. The first-order valence-electron chi connectivity index (χ1n) is 24.6. The van der Waals surface area contributed by atoms with Crippen LogP contribution < -0.4 is 4.90 Å². The third-order valence-corrected chi connectivity index (χ3v) is 12.0. The van der Waals surface area contributed by atoms with E-state index < -0.39 is 0 Å². The van der Waals surface area contributed by atoms with Gasteiger partial charge in [0.25, 0.3) is 0 Å². The number of fused-ring (bicyclic) bond motifs is 8. The first-order chi connectivity index (χ1) is 32.1. The van der Waals surface area contributed by atoms with Crippen LogP contribution in [0.15, 0.2) is 170 Å². The molecule has 2 heteroatoms. The predicted molar refractivity (Wildman–Crippen MR) is 297 cm³/mol. The molecule has 1 heterocycles. The Bertz CT molecular complexity index is 2850. The molecule has 9 aromatic rings. The topological polar surface area (TPSA) is 8.17 Å². The van der Waals surface area contributed by atoms with Crippen molar-refractivity contribution in [3.8, 4) is 11.1 Å². The lowest BCUT2D eigenvalue weighted by Crippen LogP contribution is -2.17. The van der Waals surface area contributed by atoms with Crippen molar-refractivity contribution in [3.05, 3.63) is 209 Å². The van der Waals surface area contributed by atoms with Crippen LogP contribution in [0.5, 0.6) is 0 Å². The summed E-state index contributed by atoms with van der Waals surface area (Å²) in [4.78, 5) is 2.48. The fraction of sp³-hybridized carbons (Fsp3) is 0.281. The van der Waals surface area contributed by atoms with Gasteiger partial charge in [0, 0.05) is 39.8 Å². The largest absolute Gasteiger partial charge is 0.342 e. The summed E-state index contributed by atoms with van der Waals surface area (Å²) in [7, 11) is 2.19. The molecule has 1 aliphatic rings. The van der Waals surface area contributed by atoms with Crippen molar-refractivity contribution >= 4 is 49.6 Å². The third-order valence-electron chi connectivity index (χ3n) is 12.0. The van der Waals surface area contributed by atoms with Crippen LogP contribution in [0.25, 0.3) is 43.7 Å². The first-order valence-corrected chi connectivity index (χ1v) is 24.6. The van der Waals surface area contributed by atoms with Gasteiger partial charge in [-0.05, 0) is 97.7 Å². The maximum Gasteiger partial charge on any atom is 0.0733 e. The lowest BCUT2D eigenvalue weighted by Gasteiger charge is -2.30. The molecule has 1 aromatic heterocycles. The number of hydrogen-bond acceptors (Lipinski definition) is 1. The monoisotopic (exact) mass is 875 g/mol. The van der Waals surface area contributed by atoms with Crippen LogP contribution in [0.1, 0.15) is 115 Å². The second kappa shape index (κ2) is 24.8. The summed E-state index contributed by atoms with van der Waals surface area (Å²) in [6.45, 7) is 31.4. The Hall–Kier alpha value is -6.38. The van der Waals surface area contributed by atoms with E-state index in [0.29, 0.717) is 0 Å². The second-order valence-electron chi connectivity index (χ2n) is 16.5. The number of nitrogens with zero attached hydrogens (tertiary/aromatic N) is 2. The van der Waals surface area contributed by atoms with Gasteiger partial charge in [-0.3, -0.25) is 0 Å². The van der Waals surface area contributed by atoms with Gasteiger partial charge in [0.15, 0.2) is 0 Å². The Morgan fingerprint density at radius 1 is 0.439 bits per heavy atom. The molecule has 1 aliphatic carbocycles. The van der Waals surface area contributed by atoms with Gasteiger partial charge in [-0.1, -0.05) is 238 Å². The molecular weight excluding hydrogens is 797 g/mol. The number of para-hydroxylation sites is 3. The van der Waals surface area contributed by atoms with Crippen molar-refractivity contribution in [3.63, 3.8) is 0 Å². The van der Waals surface area contributed by atoms with Crippen LogP contribution in [0.2, 0.25) is 0 Å². The Morgan fingerprint density at radius 3 is 1.50 bits per heavy atom. The van der Waals surface area contributed by atoms with Crippen molar-refractivity contribution in [2.45, 2.75) is 116 Å². The molecule has 0 radical (unpaired) electrons. The maximum atomic E-state index is 2.48. The van der Waals surface area contributed by atoms with E-state index in [0.717, 1.165) is 12.1 Å². The highest BCUT2D eigenvalue weighted by Gasteiger charge is 2.38.